The second-order valence-electron chi connectivity index (χ2n) is 7.19. The Morgan fingerprint density at radius 1 is 1.04 bits per heavy atom. The quantitative estimate of drug-likeness (QED) is 0.630. The van der Waals surface area contributed by atoms with E-state index in [0.29, 0.717) is 5.58 Å². The zero-order valence-corrected chi connectivity index (χ0v) is 16.4. The molecule has 2 heterocycles. The van der Waals surface area contributed by atoms with E-state index in [1.54, 1.807) is 6.07 Å². The minimum Gasteiger partial charge on any atom is -0.422 e. The van der Waals surface area contributed by atoms with E-state index in [1.807, 2.05) is 32.0 Å². The Bertz CT molecular complexity index is 1040. The number of anilines is 1. The van der Waals surface area contributed by atoms with Gasteiger partial charge in [0.1, 0.15) is 5.58 Å². The van der Waals surface area contributed by atoms with E-state index in [2.05, 4.69) is 28.0 Å². The molecule has 4 nitrogen and oxygen atoms in total. The Hall–Kier alpha value is -2.30. The number of para-hydroxylation sites is 1. The number of piperazine rings is 1. The lowest BCUT2D eigenvalue weighted by molar-refractivity contribution is 0.250. The highest BCUT2D eigenvalue weighted by molar-refractivity contribution is 6.33. The number of hydrogen-bond acceptors (Lipinski definition) is 4. The van der Waals surface area contributed by atoms with Crippen LogP contribution in [0, 0.1) is 13.8 Å². The maximum Gasteiger partial charge on any atom is 0.336 e. The third-order valence-electron chi connectivity index (χ3n) is 5.48. The summed E-state index contributed by atoms with van der Waals surface area (Å²) in [5, 5.41) is 1.83. The molecule has 0 unspecified atom stereocenters. The second kappa shape index (κ2) is 7.37. The first-order chi connectivity index (χ1) is 13.0. The molecule has 1 fully saturated rings. The lowest BCUT2D eigenvalue weighted by atomic mass is 10.0. The molecule has 0 aliphatic carbocycles. The average molecular weight is 383 g/mol. The third kappa shape index (κ3) is 3.60. The van der Waals surface area contributed by atoms with Gasteiger partial charge in [-0.25, -0.2) is 4.79 Å². The van der Waals surface area contributed by atoms with E-state index >= 15 is 0 Å². The Morgan fingerprint density at radius 2 is 1.78 bits per heavy atom. The monoisotopic (exact) mass is 382 g/mol. The van der Waals surface area contributed by atoms with Crippen LogP contribution in [0.3, 0.4) is 0 Å². The van der Waals surface area contributed by atoms with Crippen molar-refractivity contribution >= 4 is 28.3 Å². The predicted molar refractivity (Wildman–Crippen MR) is 111 cm³/mol. The van der Waals surface area contributed by atoms with Crippen molar-refractivity contribution < 1.29 is 4.42 Å². The fourth-order valence-corrected chi connectivity index (χ4v) is 4.01. The van der Waals surface area contributed by atoms with Gasteiger partial charge in [-0.2, -0.15) is 0 Å². The number of halogens is 1. The van der Waals surface area contributed by atoms with Gasteiger partial charge in [-0.05, 0) is 42.7 Å². The third-order valence-corrected chi connectivity index (χ3v) is 5.80. The predicted octanol–water partition coefficient (Wildman–Crippen LogP) is 4.39. The molecule has 0 N–H and O–H groups in total. The largest absolute Gasteiger partial charge is 0.422 e. The molecule has 0 spiro atoms. The summed E-state index contributed by atoms with van der Waals surface area (Å²) in [5.74, 6) is 0. The van der Waals surface area contributed by atoms with Crippen LogP contribution in [0.2, 0.25) is 5.02 Å². The Kier molecular flexibility index (Phi) is 4.94. The molecule has 0 amide bonds. The summed E-state index contributed by atoms with van der Waals surface area (Å²) in [6, 6.07) is 13.8. The van der Waals surface area contributed by atoms with Gasteiger partial charge in [-0.1, -0.05) is 35.9 Å². The molecule has 2 aromatic carbocycles. The van der Waals surface area contributed by atoms with Crippen molar-refractivity contribution in [1.82, 2.24) is 4.90 Å². The van der Waals surface area contributed by atoms with Crippen molar-refractivity contribution in [2.75, 3.05) is 31.1 Å². The summed E-state index contributed by atoms with van der Waals surface area (Å²) in [6.07, 6.45) is 0. The smallest absolute Gasteiger partial charge is 0.336 e. The van der Waals surface area contributed by atoms with E-state index < -0.39 is 0 Å². The highest BCUT2D eigenvalue weighted by atomic mass is 35.5. The summed E-state index contributed by atoms with van der Waals surface area (Å²) in [7, 11) is 0. The summed E-state index contributed by atoms with van der Waals surface area (Å²) < 4.78 is 5.49. The molecule has 1 aliphatic rings. The van der Waals surface area contributed by atoms with E-state index in [9.17, 15) is 4.79 Å². The van der Waals surface area contributed by atoms with E-state index in [-0.39, 0.29) is 5.63 Å². The lowest BCUT2D eigenvalue weighted by Crippen LogP contribution is -2.46. The number of rotatable bonds is 3. The second-order valence-corrected chi connectivity index (χ2v) is 7.60. The van der Waals surface area contributed by atoms with E-state index in [1.165, 1.54) is 0 Å². The molecule has 0 radical (unpaired) electrons. The van der Waals surface area contributed by atoms with Gasteiger partial charge in [0.05, 0.1) is 10.7 Å². The van der Waals surface area contributed by atoms with Crippen molar-refractivity contribution in [1.29, 1.82) is 0 Å². The van der Waals surface area contributed by atoms with Gasteiger partial charge in [0.25, 0.3) is 0 Å². The maximum atomic E-state index is 12.1. The SMILES string of the molecule is Cc1ccc2c(CN3CCN(c4ccccc4Cl)CC3)cc(=O)oc2c1C. The van der Waals surface area contributed by atoms with Crippen molar-refractivity contribution in [2.24, 2.45) is 0 Å². The van der Waals surface area contributed by atoms with Crippen LogP contribution < -0.4 is 10.5 Å². The number of nitrogens with zero attached hydrogens (tertiary/aromatic N) is 2. The number of hydrogen-bond donors (Lipinski definition) is 0. The number of aryl methyl sites for hydroxylation is 2. The zero-order valence-electron chi connectivity index (χ0n) is 15.7. The molecule has 1 saturated heterocycles. The molecular formula is C22H23ClN2O2. The zero-order chi connectivity index (χ0) is 19.0. The molecule has 5 heteroatoms. The molecule has 140 valence electrons. The summed E-state index contributed by atoms with van der Waals surface area (Å²) in [4.78, 5) is 16.8. The van der Waals surface area contributed by atoms with Crippen LogP contribution in [0.1, 0.15) is 16.7 Å². The highest BCUT2D eigenvalue weighted by Gasteiger charge is 2.20. The first-order valence-electron chi connectivity index (χ1n) is 9.28. The Morgan fingerprint density at radius 3 is 2.52 bits per heavy atom. The topological polar surface area (TPSA) is 36.7 Å². The van der Waals surface area contributed by atoms with Crippen molar-refractivity contribution in [3.8, 4) is 0 Å². The van der Waals surface area contributed by atoms with Crippen LogP contribution in [0.4, 0.5) is 5.69 Å². The normalized spacial score (nSPS) is 15.4. The summed E-state index contributed by atoms with van der Waals surface area (Å²) in [6.45, 7) is 8.49. The molecule has 1 aromatic heterocycles. The van der Waals surface area contributed by atoms with Crippen molar-refractivity contribution in [3.05, 3.63) is 74.6 Å². The van der Waals surface area contributed by atoms with Crippen LogP contribution in [0.15, 0.2) is 51.7 Å². The van der Waals surface area contributed by atoms with Crippen LogP contribution in [0.5, 0.6) is 0 Å². The van der Waals surface area contributed by atoms with Crippen molar-refractivity contribution in [3.63, 3.8) is 0 Å². The fourth-order valence-electron chi connectivity index (χ4n) is 3.75. The van der Waals surface area contributed by atoms with Gasteiger partial charge in [0.15, 0.2) is 0 Å². The lowest BCUT2D eigenvalue weighted by Gasteiger charge is -2.36. The first-order valence-corrected chi connectivity index (χ1v) is 9.65. The van der Waals surface area contributed by atoms with Crippen LogP contribution in [0.25, 0.3) is 11.0 Å². The molecule has 0 atom stereocenters. The summed E-state index contributed by atoms with van der Waals surface area (Å²) >= 11 is 6.33. The molecule has 4 rings (SSSR count). The standard InChI is InChI=1S/C22H23ClN2O2/c1-15-7-8-18-17(13-21(26)27-22(18)16(15)2)14-24-9-11-25(12-10-24)20-6-4-3-5-19(20)23/h3-8,13H,9-12,14H2,1-2H3. The van der Waals surface area contributed by atoms with Crippen LogP contribution in [-0.2, 0) is 6.54 Å². The van der Waals surface area contributed by atoms with Gasteiger partial charge in [0.2, 0.25) is 0 Å². The Labute approximate surface area is 164 Å². The molecule has 27 heavy (non-hydrogen) atoms. The van der Waals surface area contributed by atoms with E-state index in [0.717, 1.165) is 65.5 Å². The molecule has 1 aliphatic heterocycles. The highest BCUT2D eigenvalue weighted by Crippen LogP contribution is 2.27. The first kappa shape index (κ1) is 18.1. The van der Waals surface area contributed by atoms with Crippen LogP contribution in [-0.4, -0.2) is 31.1 Å². The molecule has 3 aromatic rings. The van der Waals surface area contributed by atoms with Gasteiger partial charge in [-0.15, -0.1) is 0 Å². The summed E-state index contributed by atoms with van der Waals surface area (Å²) in [5.41, 5.74) is 4.74. The Balaban J connectivity index is 1.54. The molecule has 0 bridgehead atoms. The maximum absolute atomic E-state index is 12.1. The van der Waals surface area contributed by atoms with Crippen LogP contribution >= 0.6 is 11.6 Å². The number of benzene rings is 2. The van der Waals surface area contributed by atoms with Gasteiger partial charge >= 0.3 is 5.63 Å². The van der Waals surface area contributed by atoms with Gasteiger partial charge in [-0.3, -0.25) is 4.90 Å². The van der Waals surface area contributed by atoms with Crippen molar-refractivity contribution in [2.45, 2.75) is 20.4 Å². The van der Waals surface area contributed by atoms with E-state index in [4.69, 9.17) is 16.0 Å². The molecular weight excluding hydrogens is 360 g/mol. The molecule has 0 saturated carbocycles. The number of fused-ring (bicyclic) bond motifs is 1. The average Bonchev–Trinajstić information content (AvgIpc) is 2.66. The minimum absolute atomic E-state index is 0.277. The fraction of sp³-hybridized carbons (Fsp3) is 0.318. The minimum atomic E-state index is -0.277. The van der Waals surface area contributed by atoms with Gasteiger partial charge < -0.3 is 9.32 Å². The van der Waals surface area contributed by atoms with Gasteiger partial charge in [0, 0.05) is 44.2 Å².